The van der Waals surface area contributed by atoms with Gasteiger partial charge in [0.1, 0.15) is 11.1 Å². The Morgan fingerprint density at radius 1 is 1.23 bits per heavy atom. The summed E-state index contributed by atoms with van der Waals surface area (Å²) in [5, 5.41) is 30.7. The molecule has 0 saturated heterocycles. The van der Waals surface area contributed by atoms with Crippen molar-refractivity contribution in [2.45, 2.75) is 0 Å². The van der Waals surface area contributed by atoms with Crippen molar-refractivity contribution < 1.29 is 4.92 Å². The number of H-pyrrole nitrogens is 1. The van der Waals surface area contributed by atoms with Crippen LogP contribution in [-0.4, -0.2) is 20.1 Å². The molecule has 9 heteroatoms. The first-order valence-corrected chi connectivity index (χ1v) is 9.93. The Morgan fingerprint density at radius 2 is 2.03 bits per heavy atom. The van der Waals surface area contributed by atoms with Gasteiger partial charge >= 0.3 is 0 Å². The minimum absolute atomic E-state index is 0.0231. The molecule has 0 unspecified atom stereocenters. The number of nitro groups is 1. The normalized spacial score (nSPS) is 11.3. The summed E-state index contributed by atoms with van der Waals surface area (Å²) in [6.07, 6.45) is 3.24. The number of allylic oxidation sites excluding steroid dienone is 1. The van der Waals surface area contributed by atoms with Gasteiger partial charge in [-0.2, -0.15) is 10.4 Å². The standard InChI is InChI=1S/C21H12ClN5O2S/c22-17-6-4-13(5-7-17)19-12-30-21(25-19)15(10-23)8-16-11-24-26-20(16)14-2-1-3-18(9-14)27(28)29/h1-9,11-12H,(H,24,26). The van der Waals surface area contributed by atoms with Crippen molar-refractivity contribution in [3.05, 3.63) is 85.8 Å². The second kappa shape index (κ2) is 8.29. The maximum absolute atomic E-state index is 11.1. The van der Waals surface area contributed by atoms with Gasteiger partial charge in [0.05, 0.1) is 28.1 Å². The Balaban J connectivity index is 1.69. The number of aromatic nitrogens is 3. The highest BCUT2D eigenvalue weighted by molar-refractivity contribution is 7.11. The molecule has 0 spiro atoms. The fraction of sp³-hybridized carbons (Fsp3) is 0. The summed E-state index contributed by atoms with van der Waals surface area (Å²) in [5.41, 5.74) is 3.82. The Labute approximate surface area is 180 Å². The summed E-state index contributed by atoms with van der Waals surface area (Å²) in [7, 11) is 0. The lowest BCUT2D eigenvalue weighted by Gasteiger charge is -2.01. The highest BCUT2D eigenvalue weighted by Crippen LogP contribution is 2.31. The van der Waals surface area contributed by atoms with E-state index in [4.69, 9.17) is 11.6 Å². The first-order chi connectivity index (χ1) is 14.5. The van der Waals surface area contributed by atoms with Gasteiger partial charge in [0.25, 0.3) is 5.69 Å². The van der Waals surface area contributed by atoms with Gasteiger partial charge in [0.2, 0.25) is 0 Å². The Morgan fingerprint density at radius 3 is 2.77 bits per heavy atom. The van der Waals surface area contributed by atoms with Crippen molar-refractivity contribution in [1.29, 1.82) is 5.26 Å². The Hall–Kier alpha value is -3.80. The molecule has 0 radical (unpaired) electrons. The minimum Gasteiger partial charge on any atom is -0.277 e. The van der Waals surface area contributed by atoms with Gasteiger partial charge < -0.3 is 0 Å². The molecule has 0 bridgehead atoms. The van der Waals surface area contributed by atoms with Crippen LogP contribution in [0.15, 0.2) is 60.1 Å². The first-order valence-electron chi connectivity index (χ1n) is 8.67. The third-order valence-corrected chi connectivity index (χ3v) is 5.44. The summed E-state index contributed by atoms with van der Waals surface area (Å²) in [5.74, 6) is 0. The number of thiazole rings is 1. The van der Waals surface area contributed by atoms with Crippen molar-refractivity contribution in [1.82, 2.24) is 15.2 Å². The zero-order valence-corrected chi connectivity index (χ0v) is 16.8. The molecule has 2 aromatic heterocycles. The van der Waals surface area contributed by atoms with E-state index in [1.54, 1.807) is 36.5 Å². The van der Waals surface area contributed by atoms with Crippen molar-refractivity contribution in [3.8, 4) is 28.6 Å². The molecule has 2 heterocycles. The molecule has 0 saturated carbocycles. The Kier molecular flexibility index (Phi) is 5.39. The second-order valence-electron chi connectivity index (χ2n) is 6.22. The third kappa shape index (κ3) is 3.98. The molecule has 0 atom stereocenters. The van der Waals surface area contributed by atoms with E-state index in [2.05, 4.69) is 21.3 Å². The molecular formula is C21H12ClN5O2S. The third-order valence-electron chi connectivity index (χ3n) is 4.31. The van der Waals surface area contributed by atoms with Crippen LogP contribution in [-0.2, 0) is 0 Å². The maximum Gasteiger partial charge on any atom is 0.270 e. The fourth-order valence-electron chi connectivity index (χ4n) is 2.86. The van der Waals surface area contributed by atoms with E-state index >= 15 is 0 Å². The molecule has 30 heavy (non-hydrogen) atoms. The molecule has 1 N–H and O–H groups in total. The number of aromatic amines is 1. The average Bonchev–Trinajstić information content (AvgIpc) is 3.42. The van der Waals surface area contributed by atoms with Crippen LogP contribution in [0.1, 0.15) is 10.6 Å². The molecule has 146 valence electrons. The number of non-ortho nitro benzene ring substituents is 1. The molecule has 0 aliphatic carbocycles. The minimum atomic E-state index is -0.454. The smallest absolute Gasteiger partial charge is 0.270 e. The van der Waals surface area contributed by atoms with E-state index in [1.807, 2.05) is 17.5 Å². The highest BCUT2D eigenvalue weighted by atomic mass is 35.5. The molecule has 0 amide bonds. The lowest BCUT2D eigenvalue weighted by atomic mass is 10.1. The molecule has 4 aromatic rings. The van der Waals surface area contributed by atoms with Gasteiger partial charge in [0, 0.05) is 39.2 Å². The summed E-state index contributed by atoms with van der Waals surface area (Å²) in [6.45, 7) is 0. The SMILES string of the molecule is N#CC(=Cc1cn[nH]c1-c1cccc([N+](=O)[O-])c1)c1nc(-c2ccc(Cl)cc2)cs1. The average molecular weight is 434 g/mol. The largest absolute Gasteiger partial charge is 0.277 e. The van der Waals surface area contributed by atoms with E-state index in [-0.39, 0.29) is 5.69 Å². The van der Waals surface area contributed by atoms with Crippen LogP contribution in [0.25, 0.3) is 34.2 Å². The topological polar surface area (TPSA) is 108 Å². The summed E-state index contributed by atoms with van der Waals surface area (Å²) < 4.78 is 0. The first kappa shape index (κ1) is 19.5. The molecular weight excluding hydrogens is 422 g/mol. The van der Waals surface area contributed by atoms with Gasteiger partial charge in [0.15, 0.2) is 0 Å². The van der Waals surface area contributed by atoms with Crippen LogP contribution >= 0.6 is 22.9 Å². The number of nitrogens with zero attached hydrogens (tertiary/aromatic N) is 4. The summed E-state index contributed by atoms with van der Waals surface area (Å²) >= 11 is 7.29. The molecule has 0 fully saturated rings. The highest BCUT2D eigenvalue weighted by Gasteiger charge is 2.14. The second-order valence-corrected chi connectivity index (χ2v) is 7.52. The predicted octanol–water partition coefficient (Wildman–Crippen LogP) is 5.83. The van der Waals surface area contributed by atoms with Gasteiger partial charge in [-0.1, -0.05) is 35.9 Å². The van der Waals surface area contributed by atoms with Crippen LogP contribution in [0.4, 0.5) is 5.69 Å². The van der Waals surface area contributed by atoms with Crippen LogP contribution in [0, 0.1) is 21.4 Å². The quantitative estimate of drug-likeness (QED) is 0.242. The summed E-state index contributed by atoms with van der Waals surface area (Å²) in [4.78, 5) is 15.2. The van der Waals surface area contributed by atoms with E-state index in [0.29, 0.717) is 32.4 Å². The number of benzene rings is 2. The molecule has 7 nitrogen and oxygen atoms in total. The number of halogens is 1. The van der Waals surface area contributed by atoms with E-state index < -0.39 is 4.92 Å². The number of nitrogens with one attached hydrogen (secondary N) is 1. The van der Waals surface area contributed by atoms with E-state index in [0.717, 1.165) is 11.3 Å². The van der Waals surface area contributed by atoms with Crippen LogP contribution in [0.5, 0.6) is 0 Å². The van der Waals surface area contributed by atoms with Crippen molar-refractivity contribution in [2.75, 3.05) is 0 Å². The van der Waals surface area contributed by atoms with Crippen molar-refractivity contribution >= 4 is 40.3 Å². The zero-order valence-electron chi connectivity index (χ0n) is 15.2. The fourth-order valence-corrected chi connectivity index (χ4v) is 3.78. The monoisotopic (exact) mass is 433 g/mol. The van der Waals surface area contributed by atoms with E-state index in [9.17, 15) is 15.4 Å². The van der Waals surface area contributed by atoms with Gasteiger partial charge in [-0.05, 0) is 18.2 Å². The van der Waals surface area contributed by atoms with Crippen LogP contribution in [0.3, 0.4) is 0 Å². The predicted molar refractivity (Wildman–Crippen MR) is 117 cm³/mol. The van der Waals surface area contributed by atoms with Crippen molar-refractivity contribution in [2.24, 2.45) is 0 Å². The van der Waals surface area contributed by atoms with Crippen molar-refractivity contribution in [3.63, 3.8) is 0 Å². The van der Waals surface area contributed by atoms with Gasteiger partial charge in [-0.3, -0.25) is 15.2 Å². The zero-order chi connectivity index (χ0) is 21.1. The maximum atomic E-state index is 11.1. The lowest BCUT2D eigenvalue weighted by molar-refractivity contribution is -0.384. The molecule has 0 aliphatic rings. The van der Waals surface area contributed by atoms with Gasteiger partial charge in [-0.25, -0.2) is 4.98 Å². The van der Waals surface area contributed by atoms with E-state index in [1.165, 1.54) is 23.5 Å². The number of nitriles is 1. The molecule has 0 aliphatic heterocycles. The number of hydrogen-bond donors (Lipinski definition) is 1. The van der Waals surface area contributed by atoms with Gasteiger partial charge in [-0.15, -0.1) is 11.3 Å². The Bertz CT molecular complexity index is 1300. The number of nitro benzene ring substituents is 1. The number of rotatable bonds is 5. The van der Waals surface area contributed by atoms with Crippen LogP contribution < -0.4 is 0 Å². The summed E-state index contributed by atoms with van der Waals surface area (Å²) in [6, 6.07) is 15.7. The molecule has 4 rings (SSSR count). The van der Waals surface area contributed by atoms with Crippen LogP contribution in [0.2, 0.25) is 5.02 Å². The molecule has 2 aromatic carbocycles. The lowest BCUT2D eigenvalue weighted by Crippen LogP contribution is -1.89. The number of hydrogen-bond acceptors (Lipinski definition) is 6.